The molecule has 0 radical (unpaired) electrons. The summed E-state index contributed by atoms with van der Waals surface area (Å²) < 4.78 is 22.0. The van der Waals surface area contributed by atoms with E-state index in [2.05, 4.69) is 41.5 Å². The number of ether oxygens (including phenoxy) is 1. The number of unbranched alkanes of at least 4 members (excludes halogenated alkanes) is 1. The summed E-state index contributed by atoms with van der Waals surface area (Å²) in [6.07, 6.45) is 0.00514. The zero-order valence-electron chi connectivity index (χ0n) is 20.8. The van der Waals surface area contributed by atoms with Crippen molar-refractivity contribution < 1.29 is 19.3 Å². The maximum absolute atomic E-state index is 14.9. The standard InChI is InChI=1S/C28H32FN5O3/c1-2-3-7-18-10-12-20(13-11-18)15-30-26-24-27(33-22(32-26)14-19-8-5-4-6-9-19)34(17-31-24)28-23(29)25(36)21(16-35)37-28/h4-6,8-13,17,21,23,25,28,35-36H,2-3,7,14-16H2,1H3,(H,30,32,33)/t21-,23+,25-,28-/m1/s1. The number of aromatic nitrogens is 4. The molecule has 8 nitrogen and oxygen atoms in total. The topological polar surface area (TPSA) is 105 Å². The number of fused-ring (bicyclic) bond motifs is 1. The summed E-state index contributed by atoms with van der Waals surface area (Å²) in [5.41, 5.74) is 4.34. The molecule has 1 fully saturated rings. The molecule has 1 saturated heterocycles. The molecule has 0 bridgehead atoms. The van der Waals surface area contributed by atoms with Gasteiger partial charge < -0.3 is 20.3 Å². The van der Waals surface area contributed by atoms with Gasteiger partial charge in [-0.05, 0) is 29.5 Å². The summed E-state index contributed by atoms with van der Waals surface area (Å²) in [5, 5.41) is 23.0. The number of alkyl halides is 1. The number of imidazole rings is 1. The van der Waals surface area contributed by atoms with E-state index in [0.717, 1.165) is 17.5 Å². The van der Waals surface area contributed by atoms with E-state index in [0.29, 0.717) is 35.8 Å². The first-order valence-corrected chi connectivity index (χ1v) is 12.7. The molecule has 3 heterocycles. The van der Waals surface area contributed by atoms with Crippen molar-refractivity contribution in [2.45, 2.75) is 63.8 Å². The van der Waals surface area contributed by atoms with Crippen molar-refractivity contribution in [1.29, 1.82) is 0 Å². The summed E-state index contributed by atoms with van der Waals surface area (Å²) in [6, 6.07) is 18.4. The maximum Gasteiger partial charge on any atom is 0.173 e. The van der Waals surface area contributed by atoms with Crippen LogP contribution in [-0.2, 0) is 24.1 Å². The number of hydrogen-bond donors (Lipinski definition) is 3. The number of aliphatic hydroxyl groups excluding tert-OH is 2. The lowest BCUT2D eigenvalue weighted by molar-refractivity contribution is -0.0459. The molecular weight excluding hydrogens is 473 g/mol. The van der Waals surface area contributed by atoms with Crippen molar-refractivity contribution in [1.82, 2.24) is 19.5 Å². The number of benzene rings is 2. The first-order valence-electron chi connectivity index (χ1n) is 12.7. The molecule has 0 amide bonds. The number of nitrogens with one attached hydrogen (secondary N) is 1. The van der Waals surface area contributed by atoms with Crippen LogP contribution in [0.1, 0.15) is 48.5 Å². The molecule has 0 spiro atoms. The second kappa shape index (κ2) is 11.3. The molecule has 3 N–H and O–H groups in total. The van der Waals surface area contributed by atoms with Crippen LogP contribution < -0.4 is 5.32 Å². The van der Waals surface area contributed by atoms with Gasteiger partial charge in [-0.2, -0.15) is 0 Å². The third kappa shape index (κ3) is 5.49. The maximum atomic E-state index is 14.9. The number of aryl methyl sites for hydroxylation is 1. The van der Waals surface area contributed by atoms with Crippen LogP contribution in [0.25, 0.3) is 11.2 Å². The Hall–Kier alpha value is -3.40. The van der Waals surface area contributed by atoms with Crippen LogP contribution in [0.2, 0.25) is 0 Å². The molecular formula is C28H32FN5O3. The van der Waals surface area contributed by atoms with Gasteiger partial charge in [0.1, 0.15) is 18.0 Å². The Bertz CT molecular complexity index is 1310. The van der Waals surface area contributed by atoms with E-state index in [4.69, 9.17) is 14.7 Å². The number of nitrogens with zero attached hydrogens (tertiary/aromatic N) is 4. The van der Waals surface area contributed by atoms with Crippen molar-refractivity contribution in [2.75, 3.05) is 11.9 Å². The number of halogens is 1. The summed E-state index contributed by atoms with van der Waals surface area (Å²) in [6.45, 7) is 2.24. The molecule has 0 aliphatic carbocycles. The minimum atomic E-state index is -1.73. The second-order valence-electron chi connectivity index (χ2n) is 9.43. The Morgan fingerprint density at radius 2 is 1.78 bits per heavy atom. The predicted molar refractivity (Wildman–Crippen MR) is 139 cm³/mol. The molecule has 1 aliphatic rings. The second-order valence-corrected chi connectivity index (χ2v) is 9.43. The van der Waals surface area contributed by atoms with Crippen LogP contribution in [0, 0.1) is 0 Å². The zero-order chi connectivity index (χ0) is 25.8. The lowest BCUT2D eigenvalue weighted by Crippen LogP contribution is -2.30. The zero-order valence-corrected chi connectivity index (χ0v) is 20.8. The van der Waals surface area contributed by atoms with Gasteiger partial charge in [0, 0.05) is 13.0 Å². The van der Waals surface area contributed by atoms with E-state index < -0.39 is 31.2 Å². The molecule has 5 rings (SSSR count). The van der Waals surface area contributed by atoms with Gasteiger partial charge in [-0.25, -0.2) is 19.3 Å². The lowest BCUT2D eigenvalue weighted by Gasteiger charge is -2.16. The van der Waals surface area contributed by atoms with E-state index in [9.17, 15) is 14.6 Å². The first-order chi connectivity index (χ1) is 18.1. The van der Waals surface area contributed by atoms with Gasteiger partial charge in [0.05, 0.1) is 12.9 Å². The summed E-state index contributed by atoms with van der Waals surface area (Å²) in [4.78, 5) is 13.9. The molecule has 1 aliphatic heterocycles. The lowest BCUT2D eigenvalue weighted by atomic mass is 10.1. The monoisotopic (exact) mass is 505 g/mol. The number of aliphatic hydroxyl groups is 2. The molecule has 37 heavy (non-hydrogen) atoms. The first kappa shape index (κ1) is 25.3. The molecule has 2 aromatic carbocycles. The smallest absolute Gasteiger partial charge is 0.173 e. The molecule has 9 heteroatoms. The highest BCUT2D eigenvalue weighted by molar-refractivity contribution is 5.83. The third-order valence-corrected chi connectivity index (χ3v) is 6.72. The van der Waals surface area contributed by atoms with Crippen molar-refractivity contribution in [3.05, 3.63) is 83.4 Å². The van der Waals surface area contributed by atoms with E-state index in [1.807, 2.05) is 30.3 Å². The molecule has 4 atom stereocenters. The highest BCUT2D eigenvalue weighted by atomic mass is 19.1. The van der Waals surface area contributed by atoms with E-state index >= 15 is 0 Å². The van der Waals surface area contributed by atoms with Gasteiger partial charge in [-0.3, -0.25) is 4.57 Å². The van der Waals surface area contributed by atoms with Crippen molar-refractivity contribution in [3.63, 3.8) is 0 Å². The average Bonchev–Trinajstić information content (AvgIpc) is 3.47. The Balaban J connectivity index is 1.45. The highest BCUT2D eigenvalue weighted by Gasteiger charge is 2.45. The Morgan fingerprint density at radius 1 is 1.03 bits per heavy atom. The summed E-state index contributed by atoms with van der Waals surface area (Å²) in [5.74, 6) is 1.09. The predicted octanol–water partition coefficient (Wildman–Crippen LogP) is 3.96. The largest absolute Gasteiger partial charge is 0.394 e. The van der Waals surface area contributed by atoms with Crippen LogP contribution in [0.3, 0.4) is 0 Å². The molecule has 4 aromatic rings. The fourth-order valence-corrected chi connectivity index (χ4v) is 4.60. The van der Waals surface area contributed by atoms with Crippen molar-refractivity contribution in [3.8, 4) is 0 Å². The Labute approximate surface area is 215 Å². The van der Waals surface area contributed by atoms with Gasteiger partial charge in [0.15, 0.2) is 29.4 Å². The Morgan fingerprint density at radius 3 is 2.49 bits per heavy atom. The fraction of sp³-hybridized carbons (Fsp3) is 0.393. The van der Waals surface area contributed by atoms with Crippen LogP contribution >= 0.6 is 0 Å². The molecule has 0 unspecified atom stereocenters. The van der Waals surface area contributed by atoms with Gasteiger partial charge in [0.25, 0.3) is 0 Å². The van der Waals surface area contributed by atoms with Gasteiger partial charge in [-0.1, -0.05) is 67.9 Å². The summed E-state index contributed by atoms with van der Waals surface area (Å²) in [7, 11) is 0. The summed E-state index contributed by atoms with van der Waals surface area (Å²) >= 11 is 0. The SMILES string of the molecule is CCCCc1ccc(CNc2nc(Cc3ccccc3)nc3c2ncn3[C@@H]2O[C@H](CO)[C@@H](O)[C@@H]2F)cc1. The average molecular weight is 506 g/mol. The van der Waals surface area contributed by atoms with Crippen molar-refractivity contribution >= 4 is 17.0 Å². The van der Waals surface area contributed by atoms with Crippen LogP contribution in [-0.4, -0.2) is 54.7 Å². The normalized spacial score (nSPS) is 21.5. The van der Waals surface area contributed by atoms with Crippen LogP contribution in [0.15, 0.2) is 60.9 Å². The minimum absolute atomic E-state index is 0.400. The minimum Gasteiger partial charge on any atom is -0.394 e. The molecule has 0 saturated carbocycles. The third-order valence-electron chi connectivity index (χ3n) is 6.72. The molecule has 2 aromatic heterocycles. The van der Waals surface area contributed by atoms with E-state index in [-0.39, 0.29) is 0 Å². The van der Waals surface area contributed by atoms with Gasteiger partial charge in [0.2, 0.25) is 0 Å². The Kier molecular flexibility index (Phi) is 7.73. The van der Waals surface area contributed by atoms with Crippen molar-refractivity contribution in [2.24, 2.45) is 0 Å². The number of rotatable bonds is 10. The van der Waals surface area contributed by atoms with Gasteiger partial charge in [-0.15, -0.1) is 0 Å². The van der Waals surface area contributed by atoms with Crippen LogP contribution in [0.4, 0.5) is 10.2 Å². The number of hydrogen-bond acceptors (Lipinski definition) is 7. The fourth-order valence-electron chi connectivity index (χ4n) is 4.60. The number of anilines is 1. The quantitative estimate of drug-likeness (QED) is 0.300. The van der Waals surface area contributed by atoms with E-state index in [1.165, 1.54) is 29.3 Å². The van der Waals surface area contributed by atoms with Crippen LogP contribution in [0.5, 0.6) is 0 Å². The molecule has 194 valence electrons. The van der Waals surface area contributed by atoms with Gasteiger partial charge >= 0.3 is 0 Å². The van der Waals surface area contributed by atoms with E-state index in [1.54, 1.807) is 0 Å². The highest BCUT2D eigenvalue weighted by Crippen LogP contribution is 2.34.